The van der Waals surface area contributed by atoms with Gasteiger partial charge in [0.05, 0.1) is 0 Å². The topological polar surface area (TPSA) is 71.1 Å². The van der Waals surface area contributed by atoms with Crippen LogP contribution < -0.4 is 10.6 Å². The second kappa shape index (κ2) is 7.66. The normalized spacial score (nSPS) is 21.6. The number of ketones is 1. The number of carbonyl (C=O) groups excluding carboxylic acids is 2. The standard InChI is InChI=1S/C24H25N3O2/c1-14-12-18-23(19(28)13-14)22(17-9-5-4-8-15(17)2)21(16(3)26-18)24(29)27-20-10-6-7-11-25-20/h4-11,14,22,26H,12-13H2,1-3H3,(H,25,27,29)/t14-,22-/m0/s1. The quantitative estimate of drug-likeness (QED) is 0.826. The Hall–Kier alpha value is -3.21. The third kappa shape index (κ3) is 3.60. The molecule has 4 rings (SSSR count). The Balaban J connectivity index is 1.82. The van der Waals surface area contributed by atoms with E-state index in [2.05, 4.69) is 22.5 Å². The van der Waals surface area contributed by atoms with E-state index >= 15 is 0 Å². The number of dihydropyridines is 1. The van der Waals surface area contributed by atoms with Crippen LogP contribution in [-0.4, -0.2) is 16.7 Å². The number of aryl methyl sites for hydroxylation is 1. The minimum atomic E-state index is -0.379. The summed E-state index contributed by atoms with van der Waals surface area (Å²) in [6, 6.07) is 13.4. The zero-order valence-electron chi connectivity index (χ0n) is 17.0. The third-order valence-corrected chi connectivity index (χ3v) is 5.68. The Kier molecular flexibility index (Phi) is 5.05. The molecule has 5 nitrogen and oxygen atoms in total. The number of hydrogen-bond donors (Lipinski definition) is 2. The van der Waals surface area contributed by atoms with Crippen molar-refractivity contribution in [3.63, 3.8) is 0 Å². The van der Waals surface area contributed by atoms with Crippen molar-refractivity contribution in [3.8, 4) is 0 Å². The van der Waals surface area contributed by atoms with Gasteiger partial charge in [-0.2, -0.15) is 0 Å². The van der Waals surface area contributed by atoms with Crippen molar-refractivity contribution in [2.24, 2.45) is 5.92 Å². The summed E-state index contributed by atoms with van der Waals surface area (Å²) in [5.41, 5.74) is 5.10. The average molecular weight is 387 g/mol. The molecule has 0 spiro atoms. The molecule has 0 unspecified atom stereocenters. The van der Waals surface area contributed by atoms with Gasteiger partial charge in [0, 0.05) is 41.1 Å². The third-order valence-electron chi connectivity index (χ3n) is 5.68. The minimum Gasteiger partial charge on any atom is -0.362 e. The predicted octanol–water partition coefficient (Wildman–Crippen LogP) is 4.24. The highest BCUT2D eigenvalue weighted by Gasteiger charge is 2.40. The molecule has 1 aliphatic carbocycles. The van der Waals surface area contributed by atoms with E-state index in [1.807, 2.05) is 44.2 Å². The van der Waals surface area contributed by atoms with Gasteiger partial charge in [-0.15, -0.1) is 0 Å². The van der Waals surface area contributed by atoms with E-state index in [0.29, 0.717) is 23.7 Å². The number of nitrogens with one attached hydrogen (secondary N) is 2. The van der Waals surface area contributed by atoms with E-state index in [4.69, 9.17) is 0 Å². The number of allylic oxidation sites excluding steroid dienone is 3. The number of anilines is 1. The SMILES string of the molecule is CC1=C(C(=O)Nc2ccccn2)[C@H](c2ccccc2C)C2=C(C[C@H](C)CC2=O)N1. The van der Waals surface area contributed by atoms with Gasteiger partial charge in [0.2, 0.25) is 0 Å². The van der Waals surface area contributed by atoms with Crippen molar-refractivity contribution in [2.75, 3.05) is 5.32 Å². The fourth-order valence-corrected chi connectivity index (χ4v) is 4.38. The fraction of sp³-hybridized carbons (Fsp3) is 0.292. The largest absolute Gasteiger partial charge is 0.362 e. The van der Waals surface area contributed by atoms with E-state index in [-0.39, 0.29) is 17.6 Å². The van der Waals surface area contributed by atoms with E-state index in [9.17, 15) is 9.59 Å². The summed E-state index contributed by atoms with van der Waals surface area (Å²) in [4.78, 5) is 30.6. The molecule has 1 aromatic heterocycles. The first-order valence-corrected chi connectivity index (χ1v) is 9.97. The van der Waals surface area contributed by atoms with Crippen molar-refractivity contribution in [3.05, 3.63) is 82.3 Å². The second-order valence-electron chi connectivity index (χ2n) is 7.95. The Bertz CT molecular complexity index is 1040. The van der Waals surface area contributed by atoms with Crippen molar-refractivity contribution in [2.45, 2.75) is 39.5 Å². The van der Waals surface area contributed by atoms with Gasteiger partial charge in [0.25, 0.3) is 5.91 Å². The molecular formula is C24H25N3O2. The number of rotatable bonds is 3. The van der Waals surface area contributed by atoms with Gasteiger partial charge in [-0.1, -0.05) is 37.3 Å². The number of benzene rings is 1. The van der Waals surface area contributed by atoms with Crippen LogP contribution in [0.15, 0.2) is 71.2 Å². The lowest BCUT2D eigenvalue weighted by Crippen LogP contribution is -2.37. The molecule has 1 aromatic carbocycles. The first-order valence-electron chi connectivity index (χ1n) is 9.97. The molecule has 0 radical (unpaired) electrons. The minimum absolute atomic E-state index is 0.120. The summed E-state index contributed by atoms with van der Waals surface area (Å²) < 4.78 is 0. The molecule has 2 aliphatic rings. The summed E-state index contributed by atoms with van der Waals surface area (Å²) >= 11 is 0. The van der Waals surface area contributed by atoms with Gasteiger partial charge >= 0.3 is 0 Å². The van der Waals surface area contributed by atoms with Gasteiger partial charge in [0.15, 0.2) is 5.78 Å². The monoisotopic (exact) mass is 387 g/mol. The Morgan fingerprint density at radius 3 is 2.59 bits per heavy atom. The lowest BCUT2D eigenvalue weighted by atomic mass is 9.72. The first-order chi connectivity index (χ1) is 14.0. The second-order valence-corrected chi connectivity index (χ2v) is 7.95. The maximum atomic E-state index is 13.3. The van der Waals surface area contributed by atoms with Crippen LogP contribution in [0.1, 0.15) is 43.7 Å². The summed E-state index contributed by atoms with van der Waals surface area (Å²) in [5, 5.41) is 6.27. The number of nitrogens with zero attached hydrogens (tertiary/aromatic N) is 1. The summed E-state index contributed by atoms with van der Waals surface area (Å²) in [6.45, 7) is 6.03. The molecule has 0 fully saturated rings. The van der Waals surface area contributed by atoms with Gasteiger partial charge in [-0.05, 0) is 49.4 Å². The molecule has 1 amide bonds. The molecule has 0 saturated heterocycles. The zero-order chi connectivity index (χ0) is 20.5. The molecule has 29 heavy (non-hydrogen) atoms. The molecule has 2 atom stereocenters. The molecule has 0 saturated carbocycles. The molecule has 1 aliphatic heterocycles. The molecule has 2 heterocycles. The lowest BCUT2D eigenvalue weighted by molar-refractivity contribution is -0.117. The number of aromatic nitrogens is 1. The van der Waals surface area contributed by atoms with Gasteiger partial charge < -0.3 is 10.6 Å². The highest BCUT2D eigenvalue weighted by molar-refractivity contribution is 6.09. The maximum absolute atomic E-state index is 13.3. The molecule has 2 N–H and O–H groups in total. The Morgan fingerprint density at radius 1 is 1.10 bits per heavy atom. The number of amides is 1. The zero-order valence-corrected chi connectivity index (χ0v) is 17.0. The molecular weight excluding hydrogens is 362 g/mol. The number of Topliss-reactive ketones (excluding diaryl/α,β-unsaturated/α-hetero) is 1. The lowest BCUT2D eigenvalue weighted by Gasteiger charge is -2.36. The van der Waals surface area contributed by atoms with Crippen LogP contribution in [0.4, 0.5) is 5.82 Å². The molecule has 5 heteroatoms. The van der Waals surface area contributed by atoms with Crippen LogP contribution in [0, 0.1) is 12.8 Å². The Labute approximate surface area is 170 Å². The van der Waals surface area contributed by atoms with Crippen LogP contribution >= 0.6 is 0 Å². The highest BCUT2D eigenvalue weighted by atomic mass is 16.2. The smallest absolute Gasteiger partial charge is 0.255 e. The van der Waals surface area contributed by atoms with Crippen LogP contribution in [-0.2, 0) is 9.59 Å². The first kappa shape index (κ1) is 19.1. The van der Waals surface area contributed by atoms with Gasteiger partial charge in [0.1, 0.15) is 5.82 Å². The molecule has 2 aromatic rings. The average Bonchev–Trinajstić information content (AvgIpc) is 2.67. The van der Waals surface area contributed by atoms with Crippen molar-refractivity contribution >= 4 is 17.5 Å². The number of carbonyl (C=O) groups is 2. The maximum Gasteiger partial charge on any atom is 0.255 e. The number of hydrogen-bond acceptors (Lipinski definition) is 4. The number of pyridine rings is 1. The van der Waals surface area contributed by atoms with Crippen molar-refractivity contribution in [1.29, 1.82) is 0 Å². The van der Waals surface area contributed by atoms with Crippen LogP contribution in [0.25, 0.3) is 0 Å². The van der Waals surface area contributed by atoms with Gasteiger partial charge in [-0.3, -0.25) is 9.59 Å². The van der Waals surface area contributed by atoms with Crippen LogP contribution in [0.3, 0.4) is 0 Å². The van der Waals surface area contributed by atoms with Crippen LogP contribution in [0.2, 0.25) is 0 Å². The summed E-state index contributed by atoms with van der Waals surface area (Å²) in [7, 11) is 0. The van der Waals surface area contributed by atoms with E-state index in [0.717, 1.165) is 34.5 Å². The fourth-order valence-electron chi connectivity index (χ4n) is 4.38. The van der Waals surface area contributed by atoms with E-state index in [1.54, 1.807) is 18.3 Å². The molecule has 148 valence electrons. The van der Waals surface area contributed by atoms with E-state index < -0.39 is 0 Å². The highest BCUT2D eigenvalue weighted by Crippen LogP contribution is 2.44. The summed E-state index contributed by atoms with van der Waals surface area (Å²) in [5.74, 6) is 0.291. The van der Waals surface area contributed by atoms with Gasteiger partial charge in [-0.25, -0.2) is 4.98 Å². The predicted molar refractivity (Wildman–Crippen MR) is 113 cm³/mol. The van der Waals surface area contributed by atoms with Crippen LogP contribution in [0.5, 0.6) is 0 Å². The molecule has 0 bridgehead atoms. The van der Waals surface area contributed by atoms with E-state index in [1.165, 1.54) is 0 Å². The summed E-state index contributed by atoms with van der Waals surface area (Å²) in [6.07, 6.45) is 2.97. The Morgan fingerprint density at radius 2 is 1.86 bits per heavy atom. The van der Waals surface area contributed by atoms with Crippen molar-refractivity contribution < 1.29 is 9.59 Å². The van der Waals surface area contributed by atoms with Crippen molar-refractivity contribution in [1.82, 2.24) is 10.3 Å².